The number of rotatable bonds is 7. The van der Waals surface area contributed by atoms with E-state index in [1.807, 2.05) is 24.3 Å². The standard InChI is InChI=1S/C18H18I2O4/c1-3-4-9-23-13-5-7-14(8-6-13)24-17-15(19)10-12(11-16(17)20)18(21)22-2/h5-8,10-11H,3-4,9H2,1-2H3. The Morgan fingerprint density at radius 2 is 1.62 bits per heavy atom. The van der Waals surface area contributed by atoms with Crippen LogP contribution >= 0.6 is 45.2 Å². The van der Waals surface area contributed by atoms with Crippen LogP contribution in [0, 0.1) is 7.14 Å². The quantitative estimate of drug-likeness (QED) is 0.253. The molecule has 6 heteroatoms. The molecule has 0 aliphatic carbocycles. The van der Waals surface area contributed by atoms with E-state index < -0.39 is 0 Å². The first kappa shape index (κ1) is 19.3. The normalized spacial score (nSPS) is 10.3. The zero-order valence-corrected chi connectivity index (χ0v) is 17.8. The fourth-order valence-electron chi connectivity index (χ4n) is 1.95. The van der Waals surface area contributed by atoms with E-state index in [0.717, 1.165) is 43.8 Å². The summed E-state index contributed by atoms with van der Waals surface area (Å²) >= 11 is 4.31. The minimum absolute atomic E-state index is 0.356. The summed E-state index contributed by atoms with van der Waals surface area (Å²) in [6.45, 7) is 2.86. The number of ether oxygens (including phenoxy) is 3. The van der Waals surface area contributed by atoms with Crippen molar-refractivity contribution in [2.45, 2.75) is 19.8 Å². The van der Waals surface area contributed by atoms with Crippen LogP contribution in [0.3, 0.4) is 0 Å². The number of carbonyl (C=O) groups excluding carboxylic acids is 1. The van der Waals surface area contributed by atoms with Crippen LogP contribution in [0.1, 0.15) is 30.1 Å². The lowest BCUT2D eigenvalue weighted by molar-refractivity contribution is 0.0600. The van der Waals surface area contributed by atoms with Gasteiger partial charge >= 0.3 is 5.97 Å². The lowest BCUT2D eigenvalue weighted by Gasteiger charge is -2.12. The molecule has 0 saturated carbocycles. The first-order valence-corrected chi connectivity index (χ1v) is 9.69. The monoisotopic (exact) mass is 552 g/mol. The summed E-state index contributed by atoms with van der Waals surface area (Å²) in [5, 5.41) is 0. The SMILES string of the molecule is CCCCOc1ccc(Oc2c(I)cc(C(=O)OC)cc2I)cc1. The highest BCUT2D eigenvalue weighted by Crippen LogP contribution is 2.33. The van der Waals surface area contributed by atoms with Crippen molar-refractivity contribution in [1.29, 1.82) is 0 Å². The molecule has 0 radical (unpaired) electrons. The van der Waals surface area contributed by atoms with Crippen molar-refractivity contribution >= 4 is 51.2 Å². The summed E-state index contributed by atoms with van der Waals surface area (Å²) < 4.78 is 18.1. The van der Waals surface area contributed by atoms with Crippen LogP contribution in [0.4, 0.5) is 0 Å². The largest absolute Gasteiger partial charge is 0.494 e. The molecule has 128 valence electrons. The minimum Gasteiger partial charge on any atom is -0.494 e. The summed E-state index contributed by atoms with van der Waals surface area (Å²) in [5.41, 5.74) is 0.512. The van der Waals surface area contributed by atoms with Crippen LogP contribution in [0.5, 0.6) is 17.2 Å². The van der Waals surface area contributed by atoms with Crippen molar-refractivity contribution in [3.8, 4) is 17.2 Å². The van der Waals surface area contributed by atoms with Gasteiger partial charge in [0.2, 0.25) is 0 Å². The molecule has 2 rings (SSSR count). The van der Waals surface area contributed by atoms with Gasteiger partial charge in [-0.15, -0.1) is 0 Å². The highest BCUT2D eigenvalue weighted by Gasteiger charge is 2.14. The van der Waals surface area contributed by atoms with Crippen LogP contribution in [0.25, 0.3) is 0 Å². The Morgan fingerprint density at radius 1 is 1.04 bits per heavy atom. The van der Waals surface area contributed by atoms with Gasteiger partial charge in [-0.05, 0) is 88.0 Å². The van der Waals surface area contributed by atoms with Crippen LogP contribution in [0.2, 0.25) is 0 Å². The molecular formula is C18H18I2O4. The number of hydrogen-bond acceptors (Lipinski definition) is 4. The first-order valence-electron chi connectivity index (χ1n) is 7.53. The maximum atomic E-state index is 11.6. The Bertz CT molecular complexity index is 676. The fourth-order valence-corrected chi connectivity index (χ4v) is 3.94. The van der Waals surface area contributed by atoms with Gasteiger partial charge < -0.3 is 14.2 Å². The van der Waals surface area contributed by atoms with Crippen LogP contribution < -0.4 is 9.47 Å². The summed E-state index contributed by atoms with van der Waals surface area (Å²) in [6.07, 6.45) is 2.15. The Balaban J connectivity index is 2.12. The summed E-state index contributed by atoms with van der Waals surface area (Å²) in [4.78, 5) is 11.6. The predicted molar refractivity (Wildman–Crippen MR) is 110 cm³/mol. The summed E-state index contributed by atoms with van der Waals surface area (Å²) in [6, 6.07) is 11.1. The lowest BCUT2D eigenvalue weighted by Crippen LogP contribution is -2.03. The smallest absolute Gasteiger partial charge is 0.337 e. The molecule has 2 aromatic rings. The van der Waals surface area contributed by atoms with Crippen LogP contribution in [0.15, 0.2) is 36.4 Å². The molecule has 0 aromatic heterocycles. The number of methoxy groups -OCH3 is 1. The molecule has 2 aromatic carbocycles. The molecule has 0 N–H and O–H groups in total. The van der Waals surface area contributed by atoms with E-state index in [0.29, 0.717) is 5.56 Å². The second-order valence-corrected chi connectivity index (χ2v) is 7.36. The van der Waals surface area contributed by atoms with Crippen molar-refractivity contribution < 1.29 is 19.0 Å². The van der Waals surface area contributed by atoms with Gasteiger partial charge in [0.05, 0.1) is 26.4 Å². The molecular weight excluding hydrogens is 534 g/mol. The second kappa shape index (κ2) is 9.45. The number of halogens is 2. The van der Waals surface area contributed by atoms with E-state index in [1.54, 1.807) is 12.1 Å². The Morgan fingerprint density at radius 3 is 2.17 bits per heavy atom. The molecule has 0 fully saturated rings. The van der Waals surface area contributed by atoms with E-state index in [1.165, 1.54) is 7.11 Å². The summed E-state index contributed by atoms with van der Waals surface area (Å²) in [5.74, 6) is 1.93. The van der Waals surface area contributed by atoms with Crippen molar-refractivity contribution in [2.24, 2.45) is 0 Å². The topological polar surface area (TPSA) is 44.8 Å². The van der Waals surface area contributed by atoms with Gasteiger partial charge in [0.25, 0.3) is 0 Å². The predicted octanol–water partition coefficient (Wildman–Crippen LogP) is 5.65. The highest BCUT2D eigenvalue weighted by molar-refractivity contribution is 14.1. The number of esters is 1. The Hall–Kier alpha value is -1.03. The molecule has 24 heavy (non-hydrogen) atoms. The summed E-state index contributed by atoms with van der Waals surface area (Å²) in [7, 11) is 1.37. The maximum Gasteiger partial charge on any atom is 0.337 e. The average molecular weight is 552 g/mol. The molecule has 0 aliphatic rings. The minimum atomic E-state index is -0.356. The van der Waals surface area contributed by atoms with E-state index >= 15 is 0 Å². The third kappa shape index (κ3) is 5.23. The van der Waals surface area contributed by atoms with Crippen molar-refractivity contribution in [3.63, 3.8) is 0 Å². The van der Waals surface area contributed by atoms with Gasteiger partial charge in [-0.2, -0.15) is 0 Å². The van der Waals surface area contributed by atoms with Gasteiger partial charge in [-0.3, -0.25) is 0 Å². The third-order valence-corrected chi connectivity index (χ3v) is 4.83. The molecule has 4 nitrogen and oxygen atoms in total. The van der Waals surface area contributed by atoms with Gasteiger partial charge in [0.1, 0.15) is 11.5 Å². The Labute approximate surface area is 169 Å². The van der Waals surface area contributed by atoms with Crippen LogP contribution in [-0.2, 0) is 4.74 Å². The van der Waals surface area contributed by atoms with E-state index in [9.17, 15) is 4.79 Å². The molecule has 0 saturated heterocycles. The average Bonchev–Trinajstić information content (AvgIpc) is 2.58. The highest BCUT2D eigenvalue weighted by atomic mass is 127. The zero-order valence-electron chi connectivity index (χ0n) is 13.5. The maximum absolute atomic E-state index is 11.6. The van der Waals surface area contributed by atoms with Crippen molar-refractivity contribution in [2.75, 3.05) is 13.7 Å². The van der Waals surface area contributed by atoms with Crippen molar-refractivity contribution in [1.82, 2.24) is 0 Å². The van der Waals surface area contributed by atoms with Gasteiger partial charge in [-0.25, -0.2) is 4.79 Å². The van der Waals surface area contributed by atoms with Gasteiger partial charge in [0, 0.05) is 0 Å². The van der Waals surface area contributed by atoms with Gasteiger partial charge in [-0.1, -0.05) is 13.3 Å². The van der Waals surface area contributed by atoms with Crippen molar-refractivity contribution in [3.05, 3.63) is 49.1 Å². The molecule has 0 aliphatic heterocycles. The molecule has 0 spiro atoms. The number of carbonyl (C=O) groups is 1. The Kier molecular flexibility index (Phi) is 7.60. The number of hydrogen-bond donors (Lipinski definition) is 0. The molecule has 0 unspecified atom stereocenters. The molecule has 0 bridgehead atoms. The molecule has 0 heterocycles. The fraction of sp³-hybridized carbons (Fsp3) is 0.278. The second-order valence-electron chi connectivity index (χ2n) is 5.04. The first-order chi connectivity index (χ1) is 11.5. The molecule has 0 amide bonds. The number of benzene rings is 2. The van der Waals surface area contributed by atoms with Gasteiger partial charge in [0.15, 0.2) is 5.75 Å². The molecule has 0 atom stereocenters. The van der Waals surface area contributed by atoms with Crippen LogP contribution in [-0.4, -0.2) is 19.7 Å². The third-order valence-electron chi connectivity index (χ3n) is 3.23. The van der Waals surface area contributed by atoms with E-state index in [-0.39, 0.29) is 5.97 Å². The van der Waals surface area contributed by atoms with E-state index in [4.69, 9.17) is 14.2 Å². The lowest BCUT2D eigenvalue weighted by atomic mass is 10.2. The van der Waals surface area contributed by atoms with E-state index in [2.05, 4.69) is 52.1 Å². The zero-order chi connectivity index (χ0) is 17.5. The number of unbranched alkanes of at least 4 members (excludes halogenated alkanes) is 1.